The second kappa shape index (κ2) is 9.60. The van der Waals surface area contributed by atoms with Crippen molar-refractivity contribution in [2.45, 2.75) is 40.0 Å². The zero-order chi connectivity index (χ0) is 20.8. The van der Waals surface area contributed by atoms with Gasteiger partial charge in [0.15, 0.2) is 0 Å². The molecule has 1 heterocycles. The van der Waals surface area contributed by atoms with Crippen LogP contribution in [0.2, 0.25) is 0 Å². The number of nitrogens with one attached hydrogen (secondary N) is 1. The van der Waals surface area contributed by atoms with E-state index in [1.165, 1.54) is 33.5 Å². The number of aromatic nitrogens is 1. The van der Waals surface area contributed by atoms with Crippen molar-refractivity contribution in [1.82, 2.24) is 4.57 Å². The summed E-state index contributed by atoms with van der Waals surface area (Å²) in [6.07, 6.45) is 2.21. The molecular weight excluding hydrogens is 364 g/mol. The third kappa shape index (κ3) is 5.49. The monoisotopic (exact) mass is 395 g/mol. The highest BCUT2D eigenvalue weighted by Gasteiger charge is 2.15. The first-order valence-electron chi connectivity index (χ1n) is 10.8. The number of quaternary nitrogens is 1. The number of hydrogen-bond donors (Lipinski definition) is 1. The molecule has 0 aliphatic carbocycles. The van der Waals surface area contributed by atoms with Crippen LogP contribution in [-0.2, 0) is 26.2 Å². The van der Waals surface area contributed by atoms with Gasteiger partial charge in [0.25, 0.3) is 0 Å². The molecular formula is C28H31N2+. The lowest BCUT2D eigenvalue weighted by atomic mass is 10.1. The summed E-state index contributed by atoms with van der Waals surface area (Å²) in [7, 11) is 0. The molecule has 1 atom stereocenters. The molecule has 0 fully saturated rings. The molecule has 2 nitrogen and oxygen atoms in total. The highest BCUT2D eigenvalue weighted by atomic mass is 15.1. The van der Waals surface area contributed by atoms with Crippen LogP contribution < -0.4 is 4.90 Å². The second-order valence-corrected chi connectivity index (χ2v) is 8.37. The molecule has 0 aliphatic rings. The average molecular weight is 396 g/mol. The predicted octanol–water partition coefficient (Wildman–Crippen LogP) is 4.94. The van der Waals surface area contributed by atoms with Gasteiger partial charge in [-0.2, -0.15) is 0 Å². The van der Waals surface area contributed by atoms with Crippen molar-refractivity contribution in [1.29, 1.82) is 0 Å². The normalized spacial score (nSPS) is 12.1. The van der Waals surface area contributed by atoms with Crippen LogP contribution in [0.1, 0.15) is 33.5 Å². The maximum absolute atomic E-state index is 2.40. The molecule has 4 rings (SSSR count). The fourth-order valence-corrected chi connectivity index (χ4v) is 4.21. The largest absolute Gasteiger partial charge is 0.342 e. The standard InChI is InChI=1S/C28H30N2/c1-23-9-6-13-26(17-23)20-29(19-25-11-4-3-5-12-25)22-28-15-8-16-30(28)21-27-14-7-10-24(2)18-27/h3-18H,19-22H2,1-2H3/p+1. The SMILES string of the molecule is Cc1cccc(Cn2cccc2C[NH+](Cc2ccccc2)Cc2cccc(C)c2)c1. The van der Waals surface area contributed by atoms with Crippen molar-refractivity contribution in [3.05, 3.63) is 131 Å². The number of nitrogens with zero attached hydrogens (tertiary/aromatic N) is 1. The Balaban J connectivity index is 1.55. The van der Waals surface area contributed by atoms with E-state index in [-0.39, 0.29) is 0 Å². The van der Waals surface area contributed by atoms with E-state index in [1.807, 2.05) is 0 Å². The highest BCUT2D eigenvalue weighted by Crippen LogP contribution is 2.10. The van der Waals surface area contributed by atoms with Gasteiger partial charge in [0.1, 0.15) is 19.6 Å². The smallest absolute Gasteiger partial charge is 0.119 e. The van der Waals surface area contributed by atoms with Crippen LogP contribution in [0.3, 0.4) is 0 Å². The van der Waals surface area contributed by atoms with Crippen molar-refractivity contribution in [3.63, 3.8) is 0 Å². The van der Waals surface area contributed by atoms with Crippen molar-refractivity contribution in [3.8, 4) is 0 Å². The van der Waals surface area contributed by atoms with E-state index in [9.17, 15) is 0 Å². The van der Waals surface area contributed by atoms with Gasteiger partial charge in [-0.1, -0.05) is 90.0 Å². The summed E-state index contributed by atoms with van der Waals surface area (Å²) in [5, 5.41) is 0. The van der Waals surface area contributed by atoms with Gasteiger partial charge in [0.2, 0.25) is 0 Å². The van der Waals surface area contributed by atoms with Crippen LogP contribution >= 0.6 is 0 Å². The van der Waals surface area contributed by atoms with Crippen LogP contribution in [0.15, 0.2) is 97.2 Å². The van der Waals surface area contributed by atoms with Gasteiger partial charge in [0, 0.05) is 23.9 Å². The van der Waals surface area contributed by atoms with E-state index in [4.69, 9.17) is 0 Å². The summed E-state index contributed by atoms with van der Waals surface area (Å²) in [5.74, 6) is 0. The molecule has 0 saturated heterocycles. The molecule has 2 heteroatoms. The third-order valence-corrected chi connectivity index (χ3v) is 5.62. The summed E-state index contributed by atoms with van der Waals surface area (Å²) < 4.78 is 2.40. The van der Waals surface area contributed by atoms with Crippen LogP contribution in [0.25, 0.3) is 0 Å². The first-order chi connectivity index (χ1) is 14.7. The van der Waals surface area contributed by atoms with E-state index in [2.05, 4.69) is 116 Å². The van der Waals surface area contributed by atoms with Crippen molar-refractivity contribution >= 4 is 0 Å². The summed E-state index contributed by atoms with van der Waals surface area (Å²) in [5.41, 5.74) is 8.17. The Bertz CT molecular complexity index is 1080. The average Bonchev–Trinajstić information content (AvgIpc) is 3.15. The Morgan fingerprint density at radius 3 is 1.97 bits per heavy atom. The molecule has 0 bridgehead atoms. The van der Waals surface area contributed by atoms with Gasteiger partial charge in [-0.05, 0) is 31.5 Å². The van der Waals surface area contributed by atoms with E-state index >= 15 is 0 Å². The first-order valence-corrected chi connectivity index (χ1v) is 10.8. The molecule has 0 radical (unpaired) electrons. The minimum atomic E-state index is 0.924. The highest BCUT2D eigenvalue weighted by molar-refractivity contribution is 5.24. The zero-order valence-electron chi connectivity index (χ0n) is 18.0. The molecule has 0 spiro atoms. The molecule has 0 saturated carbocycles. The number of benzene rings is 3. The second-order valence-electron chi connectivity index (χ2n) is 8.37. The van der Waals surface area contributed by atoms with E-state index in [0.717, 1.165) is 26.2 Å². The predicted molar refractivity (Wildman–Crippen MR) is 124 cm³/mol. The van der Waals surface area contributed by atoms with Crippen LogP contribution in [-0.4, -0.2) is 4.57 Å². The van der Waals surface area contributed by atoms with Crippen molar-refractivity contribution in [2.75, 3.05) is 0 Å². The Labute approximate surface area is 180 Å². The van der Waals surface area contributed by atoms with E-state index in [0.29, 0.717) is 0 Å². The number of hydrogen-bond acceptors (Lipinski definition) is 0. The van der Waals surface area contributed by atoms with Gasteiger partial charge < -0.3 is 9.47 Å². The summed E-state index contributed by atoms with van der Waals surface area (Å²) >= 11 is 0. The van der Waals surface area contributed by atoms with Crippen LogP contribution in [0.4, 0.5) is 0 Å². The molecule has 1 unspecified atom stereocenters. The van der Waals surface area contributed by atoms with Gasteiger partial charge in [-0.25, -0.2) is 0 Å². The zero-order valence-corrected chi connectivity index (χ0v) is 18.0. The lowest BCUT2D eigenvalue weighted by Crippen LogP contribution is -3.08. The minimum Gasteiger partial charge on any atom is -0.342 e. The Hall–Kier alpha value is -3.10. The van der Waals surface area contributed by atoms with Crippen molar-refractivity contribution < 1.29 is 4.90 Å². The summed E-state index contributed by atoms with van der Waals surface area (Å²) in [4.78, 5) is 1.55. The lowest BCUT2D eigenvalue weighted by molar-refractivity contribution is -0.941. The Kier molecular flexibility index (Phi) is 6.46. The maximum Gasteiger partial charge on any atom is 0.119 e. The number of rotatable bonds is 8. The van der Waals surface area contributed by atoms with E-state index < -0.39 is 0 Å². The molecule has 3 aromatic carbocycles. The molecule has 30 heavy (non-hydrogen) atoms. The molecule has 1 N–H and O–H groups in total. The fourth-order valence-electron chi connectivity index (χ4n) is 4.21. The van der Waals surface area contributed by atoms with Gasteiger partial charge >= 0.3 is 0 Å². The molecule has 1 aromatic heterocycles. The van der Waals surface area contributed by atoms with E-state index in [1.54, 1.807) is 4.90 Å². The van der Waals surface area contributed by atoms with Gasteiger partial charge in [-0.3, -0.25) is 0 Å². The Morgan fingerprint density at radius 1 is 0.600 bits per heavy atom. The quantitative estimate of drug-likeness (QED) is 0.433. The lowest BCUT2D eigenvalue weighted by Gasteiger charge is -2.21. The molecule has 0 aliphatic heterocycles. The third-order valence-electron chi connectivity index (χ3n) is 5.62. The first kappa shape index (κ1) is 20.2. The molecule has 4 aromatic rings. The topological polar surface area (TPSA) is 9.37 Å². The van der Waals surface area contributed by atoms with Gasteiger partial charge in [0.05, 0.1) is 5.69 Å². The van der Waals surface area contributed by atoms with Gasteiger partial charge in [-0.15, -0.1) is 0 Å². The van der Waals surface area contributed by atoms with Crippen LogP contribution in [0, 0.1) is 13.8 Å². The minimum absolute atomic E-state index is 0.924. The molecule has 152 valence electrons. The maximum atomic E-state index is 2.40. The summed E-state index contributed by atoms with van der Waals surface area (Å²) in [6.45, 7) is 8.30. The van der Waals surface area contributed by atoms with Crippen molar-refractivity contribution in [2.24, 2.45) is 0 Å². The summed E-state index contributed by atoms with van der Waals surface area (Å²) in [6, 6.07) is 33.0. The number of aryl methyl sites for hydroxylation is 2. The fraction of sp³-hybridized carbons (Fsp3) is 0.214. The molecule has 0 amide bonds. The van der Waals surface area contributed by atoms with Crippen LogP contribution in [0.5, 0.6) is 0 Å². The Morgan fingerprint density at radius 2 is 1.23 bits per heavy atom.